The van der Waals surface area contributed by atoms with Gasteiger partial charge < -0.3 is 0 Å². The maximum atomic E-state index is 4.90. The van der Waals surface area contributed by atoms with E-state index in [9.17, 15) is 0 Å². The molecule has 0 saturated heterocycles. The highest BCUT2D eigenvalue weighted by Crippen LogP contribution is 2.37. The second-order valence-corrected chi connectivity index (χ2v) is 8.56. The van der Waals surface area contributed by atoms with Crippen LogP contribution < -0.4 is 0 Å². The quantitative estimate of drug-likeness (QED) is 0.451. The van der Waals surface area contributed by atoms with E-state index in [1.54, 1.807) is 23.1 Å². The van der Waals surface area contributed by atoms with Crippen LogP contribution in [0, 0.1) is 27.7 Å². The Morgan fingerprint density at radius 3 is 2.23 bits per heavy atom. The van der Waals surface area contributed by atoms with Gasteiger partial charge in [-0.05, 0) is 64.2 Å². The van der Waals surface area contributed by atoms with Crippen molar-refractivity contribution in [1.29, 1.82) is 0 Å². The molecule has 0 amide bonds. The van der Waals surface area contributed by atoms with Gasteiger partial charge in [0, 0.05) is 21.7 Å². The lowest BCUT2D eigenvalue weighted by molar-refractivity contribution is 0.288. The Kier molecular flexibility index (Phi) is 5.89. The summed E-state index contributed by atoms with van der Waals surface area (Å²) < 4.78 is 0. The van der Waals surface area contributed by atoms with Crippen LogP contribution in [0.5, 0.6) is 0 Å². The molecule has 0 aliphatic carbocycles. The molecule has 3 aromatic rings. The monoisotopic (exact) mass is 387 g/mol. The molecular weight excluding hydrogens is 362 g/mol. The first-order valence-electron chi connectivity index (χ1n) is 8.90. The third kappa shape index (κ3) is 4.05. The molecule has 0 N–H and O–H groups in total. The first kappa shape index (κ1) is 19.2. The van der Waals surface area contributed by atoms with E-state index in [1.807, 2.05) is 19.9 Å². The van der Waals surface area contributed by atoms with E-state index in [0.717, 1.165) is 57.2 Å². The van der Waals surface area contributed by atoms with Crippen LogP contribution in [0.1, 0.15) is 41.5 Å². The fourth-order valence-corrected chi connectivity index (χ4v) is 5.04. The van der Waals surface area contributed by atoms with Crippen molar-refractivity contribution in [1.82, 2.24) is 24.8 Å². The van der Waals surface area contributed by atoms with Crippen molar-refractivity contribution in [3.63, 3.8) is 0 Å². The van der Waals surface area contributed by atoms with Gasteiger partial charge in [-0.3, -0.25) is 4.90 Å². The number of rotatable bonds is 6. The summed E-state index contributed by atoms with van der Waals surface area (Å²) >= 11 is 3.29. The molecule has 3 aromatic heterocycles. The number of hydrogen-bond donors (Lipinski definition) is 0. The molecule has 0 aromatic carbocycles. The second kappa shape index (κ2) is 7.98. The Hall–Kier alpha value is -1.57. The Morgan fingerprint density at radius 1 is 0.962 bits per heavy atom. The van der Waals surface area contributed by atoms with Crippen molar-refractivity contribution >= 4 is 33.3 Å². The van der Waals surface area contributed by atoms with Gasteiger partial charge in [0.25, 0.3) is 0 Å². The molecule has 3 heterocycles. The first-order valence-corrected chi connectivity index (χ1v) is 10.5. The topological polar surface area (TPSA) is 54.8 Å². The van der Waals surface area contributed by atoms with E-state index < -0.39 is 0 Å². The SMILES string of the molecule is CCN(CC)Cc1nc(Sc2nc(C)cc(C)n2)c2c(C)c(C)sc2n1. The Balaban J connectivity index is 2.08. The summed E-state index contributed by atoms with van der Waals surface area (Å²) in [6.45, 7) is 15.4. The highest BCUT2D eigenvalue weighted by molar-refractivity contribution is 7.99. The molecule has 0 aliphatic heterocycles. The molecular formula is C19H25N5S2. The number of hydrogen-bond acceptors (Lipinski definition) is 7. The molecule has 5 nitrogen and oxygen atoms in total. The molecule has 3 rings (SSSR count). The molecule has 0 atom stereocenters. The average Bonchev–Trinajstić information content (AvgIpc) is 2.86. The van der Waals surface area contributed by atoms with Crippen LogP contribution in [-0.2, 0) is 6.54 Å². The van der Waals surface area contributed by atoms with Crippen LogP contribution in [0.25, 0.3) is 10.2 Å². The van der Waals surface area contributed by atoms with E-state index in [4.69, 9.17) is 9.97 Å². The molecule has 0 aliphatic rings. The molecule has 0 saturated carbocycles. The van der Waals surface area contributed by atoms with Crippen molar-refractivity contribution in [3.8, 4) is 0 Å². The first-order chi connectivity index (χ1) is 12.4. The van der Waals surface area contributed by atoms with Crippen LogP contribution in [-0.4, -0.2) is 37.9 Å². The van der Waals surface area contributed by atoms with Gasteiger partial charge >= 0.3 is 0 Å². The smallest absolute Gasteiger partial charge is 0.194 e. The summed E-state index contributed by atoms with van der Waals surface area (Å²) in [6.07, 6.45) is 0. The van der Waals surface area contributed by atoms with Gasteiger partial charge in [0.05, 0.1) is 6.54 Å². The summed E-state index contributed by atoms with van der Waals surface area (Å²) in [7, 11) is 0. The number of nitrogens with zero attached hydrogens (tertiary/aromatic N) is 5. The number of aryl methyl sites for hydroxylation is 4. The van der Waals surface area contributed by atoms with Gasteiger partial charge in [0.15, 0.2) is 5.16 Å². The van der Waals surface area contributed by atoms with Crippen molar-refractivity contribution in [2.45, 2.75) is 58.3 Å². The maximum absolute atomic E-state index is 4.90. The lowest BCUT2D eigenvalue weighted by atomic mass is 10.2. The van der Waals surface area contributed by atoms with Gasteiger partial charge in [-0.2, -0.15) is 0 Å². The van der Waals surface area contributed by atoms with E-state index in [0.29, 0.717) is 0 Å². The second-order valence-electron chi connectivity index (χ2n) is 6.41. The molecule has 0 unspecified atom stereocenters. The average molecular weight is 388 g/mol. The highest BCUT2D eigenvalue weighted by Gasteiger charge is 2.17. The third-order valence-corrected chi connectivity index (χ3v) is 6.41. The van der Waals surface area contributed by atoms with Crippen molar-refractivity contribution in [2.75, 3.05) is 13.1 Å². The van der Waals surface area contributed by atoms with Crippen molar-refractivity contribution in [3.05, 3.63) is 33.7 Å². The number of thiophene rings is 1. The summed E-state index contributed by atoms with van der Waals surface area (Å²) in [5, 5.41) is 2.85. The largest absolute Gasteiger partial charge is 0.296 e. The Morgan fingerprint density at radius 2 is 1.62 bits per heavy atom. The summed E-state index contributed by atoms with van der Waals surface area (Å²) in [5.41, 5.74) is 3.21. The Bertz CT molecular complexity index is 911. The van der Waals surface area contributed by atoms with Crippen LogP contribution in [0.3, 0.4) is 0 Å². The maximum Gasteiger partial charge on any atom is 0.194 e. The molecule has 0 bridgehead atoms. The molecule has 7 heteroatoms. The van der Waals surface area contributed by atoms with Gasteiger partial charge in [-0.25, -0.2) is 19.9 Å². The minimum atomic E-state index is 0.750. The fraction of sp³-hybridized carbons (Fsp3) is 0.474. The minimum absolute atomic E-state index is 0.750. The van der Waals surface area contributed by atoms with Crippen LogP contribution in [0.4, 0.5) is 0 Å². The molecule has 0 radical (unpaired) electrons. The number of fused-ring (bicyclic) bond motifs is 1. The normalized spacial score (nSPS) is 11.7. The van der Waals surface area contributed by atoms with Crippen LogP contribution in [0.15, 0.2) is 16.2 Å². The zero-order valence-corrected chi connectivity index (χ0v) is 17.9. The summed E-state index contributed by atoms with van der Waals surface area (Å²) in [5.74, 6) is 0.870. The standard InChI is InChI=1S/C19H25N5S2/c1-7-24(8-2)10-15-22-17-16(13(5)14(6)25-17)18(23-15)26-19-20-11(3)9-12(4)21-19/h9H,7-8,10H2,1-6H3. The van der Waals surface area contributed by atoms with Crippen LogP contribution in [0.2, 0.25) is 0 Å². The van der Waals surface area contributed by atoms with Crippen molar-refractivity contribution < 1.29 is 0 Å². The zero-order chi connectivity index (χ0) is 18.8. The third-order valence-electron chi connectivity index (χ3n) is 4.45. The predicted octanol–water partition coefficient (Wildman–Crippen LogP) is 4.71. The minimum Gasteiger partial charge on any atom is -0.296 e. The predicted molar refractivity (Wildman–Crippen MR) is 109 cm³/mol. The molecule has 0 spiro atoms. The fourth-order valence-electron chi connectivity index (χ4n) is 2.87. The molecule has 26 heavy (non-hydrogen) atoms. The van der Waals surface area contributed by atoms with Gasteiger partial charge in [-0.15, -0.1) is 11.3 Å². The molecule has 0 fully saturated rings. The molecule has 138 valence electrons. The van der Waals surface area contributed by atoms with Crippen LogP contribution >= 0.6 is 23.1 Å². The van der Waals surface area contributed by atoms with E-state index >= 15 is 0 Å². The lowest BCUT2D eigenvalue weighted by Crippen LogP contribution is -2.23. The summed E-state index contributed by atoms with van der Waals surface area (Å²) in [6, 6.07) is 1.99. The van der Waals surface area contributed by atoms with E-state index in [-0.39, 0.29) is 0 Å². The van der Waals surface area contributed by atoms with Gasteiger partial charge in [0.2, 0.25) is 0 Å². The number of aromatic nitrogens is 4. The van der Waals surface area contributed by atoms with Gasteiger partial charge in [0.1, 0.15) is 15.7 Å². The van der Waals surface area contributed by atoms with Crippen molar-refractivity contribution in [2.24, 2.45) is 0 Å². The van der Waals surface area contributed by atoms with E-state index in [1.165, 1.54) is 10.4 Å². The Labute approximate surface area is 163 Å². The zero-order valence-electron chi connectivity index (χ0n) is 16.3. The van der Waals surface area contributed by atoms with E-state index in [2.05, 4.69) is 42.6 Å². The highest BCUT2D eigenvalue weighted by atomic mass is 32.2. The lowest BCUT2D eigenvalue weighted by Gasteiger charge is -2.17. The summed E-state index contributed by atoms with van der Waals surface area (Å²) in [4.78, 5) is 23.6. The van der Waals surface area contributed by atoms with Gasteiger partial charge in [-0.1, -0.05) is 13.8 Å².